The van der Waals surface area contributed by atoms with Crippen LogP contribution in [0.25, 0.3) is 33.4 Å². The van der Waals surface area contributed by atoms with Crippen LogP contribution in [0.4, 0.5) is 5.69 Å². The predicted octanol–water partition coefficient (Wildman–Crippen LogP) is 13.7. The number of anilines is 1. The van der Waals surface area contributed by atoms with E-state index in [0.717, 1.165) is 35.6 Å². The van der Waals surface area contributed by atoms with Gasteiger partial charge < -0.3 is 0 Å². The van der Waals surface area contributed by atoms with Crippen molar-refractivity contribution in [3.05, 3.63) is 161 Å². The van der Waals surface area contributed by atoms with Gasteiger partial charge in [-0.1, -0.05) is 137 Å². The largest absolute Gasteiger partial charge is 0.296 e. The highest BCUT2D eigenvalue weighted by Crippen LogP contribution is 2.52. The lowest BCUT2D eigenvalue weighted by atomic mass is 9.60. The number of nitrogens with zero attached hydrogens (tertiary/aromatic N) is 1. The summed E-state index contributed by atoms with van der Waals surface area (Å²) in [5.74, 6) is 4.00. The van der Waals surface area contributed by atoms with E-state index < -0.39 is 0 Å². The molecule has 268 valence electrons. The molecule has 0 N–H and O–H groups in total. The Kier molecular flexibility index (Phi) is 8.52. The molecule has 7 aliphatic rings. The number of benzene rings is 3. The first-order chi connectivity index (χ1) is 26.5. The Labute approximate surface area is 323 Å². The zero-order chi connectivity index (χ0) is 36.2. The summed E-state index contributed by atoms with van der Waals surface area (Å²) in [7, 11) is 0. The molecule has 0 aromatic heterocycles. The molecule has 0 heterocycles. The molecule has 4 aromatic carbocycles. The Balaban J connectivity index is 0.986. The molecule has 4 saturated carbocycles. The Morgan fingerprint density at radius 2 is 1.41 bits per heavy atom. The molecule has 4 fully saturated rings. The van der Waals surface area contributed by atoms with E-state index in [9.17, 15) is 0 Å². The monoisotopic (exact) mass is 701 g/mol. The summed E-state index contributed by atoms with van der Waals surface area (Å²) in [6.07, 6.45) is 27.0. The minimum Gasteiger partial charge on any atom is -0.296 e. The average Bonchev–Trinajstić information content (AvgIpc) is 3.47. The fraction of sp³-hybridized carbons (Fsp3) is 0.358. The maximum absolute atomic E-state index is 3.70. The van der Waals surface area contributed by atoms with Crippen LogP contribution >= 0.6 is 0 Å². The molecular weight excluding hydrogens is 651 g/mol. The van der Waals surface area contributed by atoms with Crippen LogP contribution in [0.5, 0.6) is 0 Å². The fourth-order valence-electron chi connectivity index (χ4n) is 11.0. The van der Waals surface area contributed by atoms with Gasteiger partial charge in [-0.25, -0.2) is 0 Å². The highest BCUT2D eigenvalue weighted by Gasteiger charge is 2.40. The van der Waals surface area contributed by atoms with E-state index in [0.29, 0.717) is 11.8 Å². The van der Waals surface area contributed by atoms with Gasteiger partial charge in [-0.05, 0) is 149 Å². The van der Waals surface area contributed by atoms with Gasteiger partial charge in [0, 0.05) is 22.2 Å². The first-order valence-corrected chi connectivity index (χ1v) is 20.9. The molecule has 0 saturated heterocycles. The molecule has 0 amide bonds. The SMILES string of the molecule is CC1(C)c2cc(N(C3=C=C=C(C4CCCCC4)C=C3)C3=CCC(C4CC5CCC4CC5)C=C3)c#cc2-c2ccc(-c3ccc(-c4ccccc4)cc3)cc21. The fourth-order valence-corrected chi connectivity index (χ4v) is 11.0. The molecular formula is C53H51N. The van der Waals surface area contributed by atoms with Gasteiger partial charge in [-0.2, -0.15) is 0 Å². The molecule has 11 rings (SSSR count). The van der Waals surface area contributed by atoms with Gasteiger partial charge in [-0.3, -0.25) is 4.90 Å². The number of rotatable bonds is 7. The van der Waals surface area contributed by atoms with Crippen molar-refractivity contribution in [1.29, 1.82) is 0 Å². The van der Waals surface area contributed by atoms with E-state index in [2.05, 4.69) is 152 Å². The van der Waals surface area contributed by atoms with Crippen LogP contribution in [0.1, 0.15) is 95.6 Å². The lowest BCUT2D eigenvalue weighted by molar-refractivity contribution is 0.0713. The average molecular weight is 702 g/mol. The third-order valence-corrected chi connectivity index (χ3v) is 14.1. The van der Waals surface area contributed by atoms with Gasteiger partial charge in [0.25, 0.3) is 0 Å². The second-order valence-electron chi connectivity index (χ2n) is 17.6. The third-order valence-electron chi connectivity index (χ3n) is 14.1. The Hall–Kier alpha value is -4.98. The van der Waals surface area contributed by atoms with Crippen LogP contribution in [0.2, 0.25) is 0 Å². The van der Waals surface area contributed by atoms with Gasteiger partial charge >= 0.3 is 0 Å². The molecule has 2 unspecified atom stereocenters. The lowest BCUT2D eigenvalue weighted by Gasteiger charge is -2.45. The molecule has 1 nitrogen and oxygen atoms in total. The van der Waals surface area contributed by atoms with Crippen molar-refractivity contribution in [1.82, 2.24) is 0 Å². The van der Waals surface area contributed by atoms with E-state index in [1.165, 1.54) is 120 Å². The van der Waals surface area contributed by atoms with Crippen LogP contribution in [0.3, 0.4) is 0 Å². The zero-order valence-corrected chi connectivity index (χ0v) is 32.0. The first-order valence-electron chi connectivity index (χ1n) is 20.9. The molecule has 54 heavy (non-hydrogen) atoms. The van der Waals surface area contributed by atoms with Crippen LogP contribution in [-0.4, -0.2) is 0 Å². The maximum atomic E-state index is 3.70. The van der Waals surface area contributed by atoms with Gasteiger partial charge in [0.15, 0.2) is 0 Å². The summed E-state index contributed by atoms with van der Waals surface area (Å²) in [6.45, 7) is 4.76. The van der Waals surface area contributed by atoms with Crippen molar-refractivity contribution < 1.29 is 0 Å². The van der Waals surface area contributed by atoms with Gasteiger partial charge in [0.05, 0.1) is 11.4 Å². The quantitative estimate of drug-likeness (QED) is 0.173. The van der Waals surface area contributed by atoms with E-state index in [-0.39, 0.29) is 5.41 Å². The summed E-state index contributed by atoms with van der Waals surface area (Å²) >= 11 is 0. The highest BCUT2D eigenvalue weighted by molar-refractivity contribution is 5.84. The van der Waals surface area contributed by atoms with Crippen molar-refractivity contribution in [3.63, 3.8) is 0 Å². The molecule has 1 heteroatoms. The van der Waals surface area contributed by atoms with E-state index >= 15 is 0 Å². The number of allylic oxidation sites excluding steroid dienone is 6. The molecule has 2 atom stereocenters. The summed E-state index contributed by atoms with van der Waals surface area (Å²) in [5.41, 5.74) is 21.9. The standard InChI is InChI=1S/C53H51N/c1-53(2)51-34-44(41-19-17-39(18-20-41)37-9-5-3-6-10-37)25-31-48(51)49-32-30-47(35-52(49)53)54(45-26-21-40(22-27-45)38-11-7-4-8-12-38)46-28-23-43(24-29-46)50-33-36-13-15-42(50)16-14-36/h3,5-6,9-10,17-21,23,25-26,28-29,31,34-36,38,42-43,50H,4,7-8,11-16,24,33H2,1-2H3. The number of hydrogen-bond donors (Lipinski definition) is 0. The topological polar surface area (TPSA) is 3.24 Å². The summed E-state index contributed by atoms with van der Waals surface area (Å²) in [4.78, 5) is 2.39. The Morgan fingerprint density at radius 3 is 2.09 bits per heavy atom. The third kappa shape index (κ3) is 5.98. The van der Waals surface area contributed by atoms with Crippen LogP contribution in [0, 0.1) is 41.7 Å². The van der Waals surface area contributed by atoms with Gasteiger partial charge in [0.1, 0.15) is 0 Å². The second kappa shape index (κ2) is 13.7. The minimum absolute atomic E-state index is 0.181. The second-order valence-corrected chi connectivity index (χ2v) is 17.6. The van der Waals surface area contributed by atoms with Crippen LogP contribution in [0.15, 0.2) is 138 Å². The normalized spacial score (nSPS) is 25.0. The van der Waals surface area contributed by atoms with Crippen LogP contribution < -0.4 is 4.90 Å². The first kappa shape index (κ1) is 33.6. The molecule has 0 spiro atoms. The summed E-state index contributed by atoms with van der Waals surface area (Å²) in [6, 6.07) is 36.4. The van der Waals surface area contributed by atoms with Crippen LogP contribution in [-0.2, 0) is 5.41 Å². The maximum Gasteiger partial charge on any atom is 0.0982 e. The number of hydrogen-bond acceptors (Lipinski definition) is 1. The molecule has 7 aliphatic carbocycles. The van der Waals surface area contributed by atoms with Gasteiger partial charge in [0.2, 0.25) is 0 Å². The van der Waals surface area contributed by atoms with E-state index in [4.69, 9.17) is 0 Å². The highest BCUT2D eigenvalue weighted by atomic mass is 15.1. The molecule has 4 aromatic rings. The van der Waals surface area contributed by atoms with E-state index in [1.54, 1.807) is 0 Å². The smallest absolute Gasteiger partial charge is 0.0982 e. The van der Waals surface area contributed by atoms with Crippen molar-refractivity contribution >= 4 is 5.69 Å². The molecule has 0 radical (unpaired) electrons. The Morgan fingerprint density at radius 1 is 0.667 bits per heavy atom. The molecule has 0 aliphatic heterocycles. The summed E-state index contributed by atoms with van der Waals surface area (Å²) in [5, 5.41) is 0. The zero-order valence-electron chi connectivity index (χ0n) is 32.0. The summed E-state index contributed by atoms with van der Waals surface area (Å²) < 4.78 is 0. The van der Waals surface area contributed by atoms with Gasteiger partial charge in [-0.15, -0.1) is 0 Å². The predicted molar refractivity (Wildman–Crippen MR) is 224 cm³/mol. The lowest BCUT2D eigenvalue weighted by Crippen LogP contribution is -2.35. The number of fused-ring (bicyclic) bond motifs is 6. The van der Waals surface area contributed by atoms with Crippen molar-refractivity contribution in [2.24, 2.45) is 29.6 Å². The van der Waals surface area contributed by atoms with Crippen molar-refractivity contribution in [3.8, 4) is 33.4 Å². The molecule has 2 bridgehead atoms. The van der Waals surface area contributed by atoms with E-state index in [1.807, 2.05) is 0 Å². The minimum atomic E-state index is -0.181. The van der Waals surface area contributed by atoms with Crippen molar-refractivity contribution in [2.75, 3.05) is 4.90 Å². The Bertz CT molecular complexity index is 2270. The van der Waals surface area contributed by atoms with Crippen molar-refractivity contribution in [2.45, 2.75) is 89.9 Å².